The molecule has 1 saturated heterocycles. The minimum atomic E-state index is -0.997. The lowest BCUT2D eigenvalue weighted by atomic mass is 9.88. The smallest absolute Gasteiger partial charge is 0.278 e. The fourth-order valence-electron chi connectivity index (χ4n) is 6.32. The molecule has 4 aromatic rings. The number of aliphatic hydroxyl groups is 1. The van der Waals surface area contributed by atoms with Crippen molar-refractivity contribution in [2.24, 2.45) is 5.41 Å². The molecule has 3 aliphatic rings. The molecule has 0 radical (unpaired) electrons. The summed E-state index contributed by atoms with van der Waals surface area (Å²) >= 11 is 0. The summed E-state index contributed by atoms with van der Waals surface area (Å²) in [6, 6.07) is 12.2. The van der Waals surface area contributed by atoms with Crippen LogP contribution in [0.3, 0.4) is 0 Å². The van der Waals surface area contributed by atoms with Gasteiger partial charge in [0.25, 0.3) is 5.56 Å². The summed E-state index contributed by atoms with van der Waals surface area (Å²) in [6.07, 6.45) is 6.06. The van der Waals surface area contributed by atoms with Crippen LogP contribution in [0.15, 0.2) is 60.0 Å². The molecule has 40 heavy (non-hydrogen) atoms. The normalized spacial score (nSPS) is 21.6. The molecule has 7 rings (SSSR count). The first-order valence-corrected chi connectivity index (χ1v) is 13.9. The van der Waals surface area contributed by atoms with Crippen molar-refractivity contribution in [2.75, 3.05) is 43.4 Å². The number of fused-ring (bicyclic) bond motifs is 2. The highest BCUT2D eigenvalue weighted by Gasteiger charge is 2.62. The highest BCUT2D eigenvalue weighted by Crippen LogP contribution is 2.64. The molecule has 1 saturated carbocycles. The van der Waals surface area contributed by atoms with Crippen LogP contribution < -0.4 is 15.8 Å². The van der Waals surface area contributed by atoms with Gasteiger partial charge in [0, 0.05) is 49.2 Å². The zero-order chi connectivity index (χ0) is 27.6. The minimum Gasteiger partial charge on any atom is -0.383 e. The Morgan fingerprint density at radius 1 is 1.07 bits per heavy atom. The number of likely N-dealkylation sites (N-methyl/N-ethyl adjacent to an activating group) is 1. The van der Waals surface area contributed by atoms with Gasteiger partial charge in [0.2, 0.25) is 5.95 Å². The van der Waals surface area contributed by atoms with Crippen LogP contribution in [0.5, 0.6) is 0 Å². The molecule has 0 bridgehead atoms. The van der Waals surface area contributed by atoms with Crippen LogP contribution in [0.1, 0.15) is 31.0 Å². The van der Waals surface area contributed by atoms with Gasteiger partial charge in [-0.15, -0.1) is 6.58 Å². The molecule has 10 nitrogen and oxygen atoms in total. The first-order valence-electron chi connectivity index (χ1n) is 13.9. The Morgan fingerprint density at radius 3 is 2.52 bits per heavy atom. The average Bonchev–Trinajstić information content (AvgIpc) is 3.65. The summed E-state index contributed by atoms with van der Waals surface area (Å²) in [5, 5.41) is 15.1. The molecule has 2 aliphatic carbocycles. The number of allylic oxidation sites excluding steroid dienone is 1. The molecule has 1 aliphatic heterocycles. The lowest BCUT2D eigenvalue weighted by molar-refractivity contribution is -0.0102. The summed E-state index contributed by atoms with van der Waals surface area (Å²) in [5.74, 6) is 0.918. The van der Waals surface area contributed by atoms with Gasteiger partial charge in [-0.2, -0.15) is 4.98 Å². The van der Waals surface area contributed by atoms with E-state index in [-0.39, 0.29) is 17.5 Å². The summed E-state index contributed by atoms with van der Waals surface area (Å²) in [7, 11) is 2.15. The first-order chi connectivity index (χ1) is 19.3. The number of rotatable bonds is 6. The third-order valence-corrected chi connectivity index (χ3v) is 9.03. The van der Waals surface area contributed by atoms with E-state index in [1.165, 1.54) is 5.69 Å². The van der Waals surface area contributed by atoms with Crippen LogP contribution in [0, 0.1) is 5.41 Å². The predicted molar refractivity (Wildman–Crippen MR) is 155 cm³/mol. The fraction of sp³-hybridized carbons (Fsp3) is 0.400. The number of aromatic nitrogens is 5. The highest BCUT2D eigenvalue weighted by atomic mass is 16.3. The molecule has 2 fully saturated rings. The Kier molecular flexibility index (Phi) is 5.62. The minimum absolute atomic E-state index is 0.111. The molecule has 1 aromatic carbocycles. The molecule has 3 aromatic heterocycles. The SMILES string of the molecule is C=CCn1c(=O)c2cnc(Nc3ccc(N4CCN(C)CC4)cc3)nc2n1-c1ccc2c(n1)C(C)(O)C1(CC1)C2. The van der Waals surface area contributed by atoms with Crippen molar-refractivity contribution in [3.8, 4) is 5.82 Å². The van der Waals surface area contributed by atoms with Gasteiger partial charge in [0.05, 0.1) is 12.2 Å². The van der Waals surface area contributed by atoms with Crippen molar-refractivity contribution in [3.05, 3.63) is 76.9 Å². The number of nitrogens with one attached hydrogen (secondary N) is 1. The van der Waals surface area contributed by atoms with Gasteiger partial charge in [0.1, 0.15) is 11.0 Å². The second-order valence-corrected chi connectivity index (χ2v) is 11.6. The van der Waals surface area contributed by atoms with E-state index in [0.717, 1.165) is 56.7 Å². The Morgan fingerprint density at radius 2 is 1.82 bits per heavy atom. The number of pyridine rings is 1. The van der Waals surface area contributed by atoms with E-state index in [9.17, 15) is 9.90 Å². The molecule has 1 atom stereocenters. The van der Waals surface area contributed by atoms with Crippen molar-refractivity contribution < 1.29 is 5.11 Å². The molecular weight excluding hydrogens is 504 g/mol. The monoisotopic (exact) mass is 538 g/mol. The maximum Gasteiger partial charge on any atom is 0.278 e. The average molecular weight is 539 g/mol. The topological polar surface area (TPSA) is 104 Å². The molecule has 1 unspecified atom stereocenters. The van der Waals surface area contributed by atoms with E-state index in [4.69, 9.17) is 9.97 Å². The van der Waals surface area contributed by atoms with Crippen molar-refractivity contribution in [1.29, 1.82) is 0 Å². The Bertz CT molecular complexity index is 1670. The Balaban J connectivity index is 1.24. The summed E-state index contributed by atoms with van der Waals surface area (Å²) < 4.78 is 3.28. The number of hydrogen-bond donors (Lipinski definition) is 2. The highest BCUT2D eigenvalue weighted by molar-refractivity contribution is 5.77. The van der Waals surface area contributed by atoms with Crippen LogP contribution in [-0.4, -0.2) is 67.5 Å². The number of piperazine rings is 1. The second-order valence-electron chi connectivity index (χ2n) is 11.6. The lowest BCUT2D eigenvalue weighted by Gasteiger charge is -2.34. The Labute approximate surface area is 232 Å². The van der Waals surface area contributed by atoms with E-state index in [1.54, 1.807) is 21.6 Å². The maximum absolute atomic E-state index is 13.4. The van der Waals surface area contributed by atoms with Gasteiger partial charge in [0.15, 0.2) is 11.5 Å². The van der Waals surface area contributed by atoms with Crippen molar-refractivity contribution >= 4 is 28.4 Å². The summed E-state index contributed by atoms with van der Waals surface area (Å²) in [6.45, 7) is 10.1. The van der Waals surface area contributed by atoms with E-state index >= 15 is 0 Å². The standard InChI is InChI=1S/C30H34N8O2/c1-4-13-37-27(39)23-19-31-28(32-21-6-8-22(9-7-21)36-16-14-35(3)15-17-36)34-26(23)38(37)24-10-5-20-18-30(11-12-30)29(2,40)25(20)33-24/h4-10,19,40H,1,11-18H2,2-3H3,(H,31,32,34). The van der Waals surface area contributed by atoms with Crippen LogP contribution in [0.4, 0.5) is 17.3 Å². The summed E-state index contributed by atoms with van der Waals surface area (Å²) in [4.78, 5) is 32.2. The van der Waals surface area contributed by atoms with Gasteiger partial charge in [-0.25, -0.2) is 19.3 Å². The zero-order valence-corrected chi connectivity index (χ0v) is 23.0. The van der Waals surface area contributed by atoms with Crippen LogP contribution in [-0.2, 0) is 18.6 Å². The fourth-order valence-corrected chi connectivity index (χ4v) is 6.32. The third-order valence-electron chi connectivity index (χ3n) is 9.03. The van der Waals surface area contributed by atoms with Gasteiger partial charge in [-0.1, -0.05) is 12.1 Å². The molecule has 2 N–H and O–H groups in total. The molecule has 4 heterocycles. The van der Waals surface area contributed by atoms with Crippen molar-refractivity contribution in [2.45, 2.75) is 38.3 Å². The first kappa shape index (κ1) is 25.0. The second kappa shape index (κ2) is 9.00. The quantitative estimate of drug-likeness (QED) is 0.361. The van der Waals surface area contributed by atoms with Crippen molar-refractivity contribution in [3.63, 3.8) is 0 Å². The molecule has 10 heteroatoms. The zero-order valence-electron chi connectivity index (χ0n) is 23.0. The van der Waals surface area contributed by atoms with E-state index in [0.29, 0.717) is 28.5 Å². The third kappa shape index (κ3) is 3.85. The predicted octanol–water partition coefficient (Wildman–Crippen LogP) is 3.20. The van der Waals surface area contributed by atoms with E-state index in [1.807, 2.05) is 31.2 Å². The van der Waals surface area contributed by atoms with E-state index in [2.05, 4.69) is 45.9 Å². The maximum atomic E-state index is 13.4. The molecule has 0 amide bonds. The lowest BCUT2D eigenvalue weighted by Crippen LogP contribution is -2.44. The van der Waals surface area contributed by atoms with Gasteiger partial charge < -0.3 is 20.2 Å². The molecule has 206 valence electrons. The van der Waals surface area contributed by atoms with Crippen molar-refractivity contribution in [1.82, 2.24) is 29.2 Å². The number of nitrogens with zero attached hydrogens (tertiary/aromatic N) is 7. The van der Waals surface area contributed by atoms with E-state index < -0.39 is 5.60 Å². The van der Waals surface area contributed by atoms with Gasteiger partial charge >= 0.3 is 0 Å². The number of hydrogen-bond acceptors (Lipinski definition) is 8. The molecule has 1 spiro atoms. The van der Waals surface area contributed by atoms with Crippen LogP contribution >= 0.6 is 0 Å². The molecular formula is C30H34N8O2. The number of benzene rings is 1. The summed E-state index contributed by atoms with van der Waals surface area (Å²) in [5.41, 5.74) is 2.93. The van der Waals surface area contributed by atoms with Crippen LogP contribution in [0.25, 0.3) is 16.9 Å². The van der Waals surface area contributed by atoms with Gasteiger partial charge in [-0.3, -0.25) is 4.79 Å². The largest absolute Gasteiger partial charge is 0.383 e. The van der Waals surface area contributed by atoms with Gasteiger partial charge in [-0.05, 0) is 69.1 Å². The Hall–Kier alpha value is -4.02. The number of anilines is 3. The van der Waals surface area contributed by atoms with Crippen LogP contribution in [0.2, 0.25) is 0 Å².